The number of rotatable bonds is 3. The van der Waals surface area contributed by atoms with Gasteiger partial charge in [-0.15, -0.1) is 0 Å². The summed E-state index contributed by atoms with van der Waals surface area (Å²) in [5.74, 6) is 1.21. The Kier molecular flexibility index (Phi) is 4.05. The molecule has 2 aliphatic rings. The largest absolute Gasteiger partial charge is 0.487 e. The van der Waals surface area contributed by atoms with Crippen LogP contribution in [0.5, 0.6) is 11.5 Å². The lowest BCUT2D eigenvalue weighted by Gasteiger charge is -2.33. The zero-order chi connectivity index (χ0) is 18.5. The highest BCUT2D eigenvalue weighted by Gasteiger charge is 2.32. The molecule has 1 aliphatic carbocycles. The third kappa shape index (κ3) is 2.89. The first kappa shape index (κ1) is 17.1. The molecule has 0 bridgehead atoms. The summed E-state index contributed by atoms with van der Waals surface area (Å²) in [5.41, 5.74) is 2.75. The van der Waals surface area contributed by atoms with Gasteiger partial charge >= 0.3 is 5.63 Å². The first-order valence-electron chi connectivity index (χ1n) is 9.31. The SMILES string of the molecule is CC(=O)COc1cc2c(c3oc(=O)c4c(c13)CCCC4)CCC(C)(C)O2. The highest BCUT2D eigenvalue weighted by Crippen LogP contribution is 2.44. The van der Waals surface area contributed by atoms with Crippen molar-refractivity contribution < 1.29 is 18.7 Å². The van der Waals surface area contributed by atoms with E-state index in [4.69, 9.17) is 13.9 Å². The second kappa shape index (κ2) is 6.15. The number of ketones is 1. The van der Waals surface area contributed by atoms with Crippen molar-refractivity contribution >= 4 is 16.8 Å². The number of ether oxygens (including phenoxy) is 2. The summed E-state index contributed by atoms with van der Waals surface area (Å²) in [6.07, 6.45) is 5.24. The van der Waals surface area contributed by atoms with Crippen molar-refractivity contribution in [2.45, 2.75) is 64.9 Å². The molecular formula is C21H24O5. The Bertz CT molecular complexity index is 951. The maximum absolute atomic E-state index is 12.6. The van der Waals surface area contributed by atoms with Crippen LogP contribution < -0.4 is 15.1 Å². The summed E-state index contributed by atoms with van der Waals surface area (Å²) < 4.78 is 17.7. The normalized spacial score (nSPS) is 18.0. The van der Waals surface area contributed by atoms with Crippen molar-refractivity contribution in [1.29, 1.82) is 0 Å². The van der Waals surface area contributed by atoms with Crippen molar-refractivity contribution in [1.82, 2.24) is 0 Å². The zero-order valence-corrected chi connectivity index (χ0v) is 15.6. The minimum absolute atomic E-state index is 0.00875. The lowest BCUT2D eigenvalue weighted by atomic mass is 9.87. The second-order valence-electron chi connectivity index (χ2n) is 7.96. The van der Waals surface area contributed by atoms with Crippen molar-refractivity contribution in [3.05, 3.63) is 33.2 Å². The van der Waals surface area contributed by atoms with E-state index in [1.54, 1.807) is 0 Å². The molecule has 0 fully saturated rings. The van der Waals surface area contributed by atoms with Crippen LogP contribution in [0.1, 0.15) is 56.7 Å². The molecule has 0 amide bonds. The van der Waals surface area contributed by atoms with Gasteiger partial charge in [-0.1, -0.05) is 0 Å². The van der Waals surface area contributed by atoms with Crippen LogP contribution in [0.25, 0.3) is 11.0 Å². The van der Waals surface area contributed by atoms with E-state index in [0.29, 0.717) is 17.1 Å². The highest BCUT2D eigenvalue weighted by molar-refractivity contribution is 5.92. The summed E-state index contributed by atoms with van der Waals surface area (Å²) >= 11 is 0. The molecule has 1 aromatic heterocycles. The van der Waals surface area contributed by atoms with Crippen LogP contribution in [0.4, 0.5) is 0 Å². The number of hydrogen-bond donors (Lipinski definition) is 0. The number of benzene rings is 1. The fourth-order valence-corrected chi connectivity index (χ4v) is 4.01. The average Bonchev–Trinajstić information content (AvgIpc) is 2.58. The van der Waals surface area contributed by atoms with E-state index < -0.39 is 0 Å². The Hall–Kier alpha value is -2.30. The number of carbonyl (C=O) groups excluding carboxylic acids is 1. The predicted octanol–water partition coefficient (Wildman–Crippen LogP) is 3.74. The van der Waals surface area contributed by atoms with Crippen molar-refractivity contribution in [3.63, 3.8) is 0 Å². The fraction of sp³-hybridized carbons (Fsp3) is 0.524. The van der Waals surface area contributed by atoms with E-state index in [1.807, 2.05) is 19.9 Å². The summed E-state index contributed by atoms with van der Waals surface area (Å²) in [7, 11) is 0. The number of fused-ring (bicyclic) bond motifs is 5. The van der Waals surface area contributed by atoms with Crippen LogP contribution in [0.3, 0.4) is 0 Å². The van der Waals surface area contributed by atoms with Crippen molar-refractivity contribution in [2.75, 3.05) is 6.61 Å². The third-order valence-electron chi connectivity index (χ3n) is 5.31. The average molecular weight is 356 g/mol. The van der Waals surface area contributed by atoms with Crippen LogP contribution in [0.2, 0.25) is 0 Å². The first-order valence-corrected chi connectivity index (χ1v) is 9.31. The van der Waals surface area contributed by atoms with E-state index in [-0.39, 0.29) is 23.6 Å². The minimum atomic E-state index is -0.285. The minimum Gasteiger partial charge on any atom is -0.487 e. The molecule has 0 atom stereocenters. The first-order chi connectivity index (χ1) is 12.4. The number of Topliss-reactive ketones (excluding diaryl/α,β-unsaturated/α-hetero) is 1. The molecule has 2 heterocycles. The van der Waals surface area contributed by atoms with Crippen LogP contribution in [-0.4, -0.2) is 18.0 Å². The van der Waals surface area contributed by atoms with Gasteiger partial charge in [-0.3, -0.25) is 4.79 Å². The summed E-state index contributed by atoms with van der Waals surface area (Å²) in [4.78, 5) is 24.0. The van der Waals surface area contributed by atoms with Gasteiger partial charge in [0.2, 0.25) is 0 Å². The monoisotopic (exact) mass is 356 g/mol. The summed E-state index contributed by atoms with van der Waals surface area (Å²) in [5, 5.41) is 0.850. The van der Waals surface area contributed by atoms with Crippen LogP contribution in [-0.2, 0) is 24.1 Å². The predicted molar refractivity (Wildman–Crippen MR) is 98.3 cm³/mol. The quantitative estimate of drug-likeness (QED) is 0.784. The number of aryl methyl sites for hydroxylation is 2. The smallest absolute Gasteiger partial charge is 0.339 e. The molecule has 0 saturated heterocycles. The molecule has 0 unspecified atom stereocenters. The summed E-state index contributed by atoms with van der Waals surface area (Å²) in [6.45, 7) is 5.57. The van der Waals surface area contributed by atoms with E-state index >= 15 is 0 Å². The molecule has 138 valence electrons. The Balaban J connectivity index is 2.00. The Morgan fingerprint density at radius 1 is 1.15 bits per heavy atom. The van der Waals surface area contributed by atoms with E-state index in [0.717, 1.165) is 60.6 Å². The summed E-state index contributed by atoms with van der Waals surface area (Å²) in [6, 6.07) is 1.87. The zero-order valence-electron chi connectivity index (χ0n) is 15.6. The Morgan fingerprint density at radius 3 is 2.62 bits per heavy atom. The second-order valence-corrected chi connectivity index (χ2v) is 7.96. The van der Waals surface area contributed by atoms with Crippen LogP contribution in [0.15, 0.2) is 15.3 Å². The molecule has 4 rings (SSSR count). The van der Waals surface area contributed by atoms with Gasteiger partial charge in [-0.05, 0) is 64.9 Å². The molecule has 26 heavy (non-hydrogen) atoms. The molecule has 0 spiro atoms. The molecule has 0 N–H and O–H groups in total. The Morgan fingerprint density at radius 2 is 1.88 bits per heavy atom. The molecule has 2 aromatic rings. The van der Waals surface area contributed by atoms with Gasteiger partial charge in [0.1, 0.15) is 29.3 Å². The van der Waals surface area contributed by atoms with Gasteiger partial charge in [-0.25, -0.2) is 4.79 Å². The standard InChI is InChI=1S/C21H24O5/c1-12(22)11-24-17-10-16-15(8-9-21(2,3)26-16)19-18(17)13-6-4-5-7-14(13)20(23)25-19/h10H,4-9,11H2,1-3H3. The lowest BCUT2D eigenvalue weighted by Crippen LogP contribution is -2.32. The molecule has 5 nitrogen and oxygen atoms in total. The van der Waals surface area contributed by atoms with Gasteiger partial charge < -0.3 is 13.9 Å². The molecule has 5 heteroatoms. The van der Waals surface area contributed by atoms with Crippen LogP contribution >= 0.6 is 0 Å². The van der Waals surface area contributed by atoms with E-state index in [9.17, 15) is 9.59 Å². The van der Waals surface area contributed by atoms with Crippen molar-refractivity contribution in [2.24, 2.45) is 0 Å². The Labute approximate surface area is 152 Å². The molecular weight excluding hydrogens is 332 g/mol. The van der Waals surface area contributed by atoms with E-state index in [2.05, 4.69) is 0 Å². The molecule has 0 radical (unpaired) electrons. The molecule has 1 aliphatic heterocycles. The maximum Gasteiger partial charge on any atom is 0.339 e. The maximum atomic E-state index is 12.6. The van der Waals surface area contributed by atoms with Gasteiger partial charge in [0.15, 0.2) is 5.78 Å². The lowest BCUT2D eigenvalue weighted by molar-refractivity contribution is -0.118. The van der Waals surface area contributed by atoms with E-state index in [1.165, 1.54) is 6.92 Å². The topological polar surface area (TPSA) is 65.7 Å². The third-order valence-corrected chi connectivity index (χ3v) is 5.31. The number of carbonyl (C=O) groups is 1. The fourth-order valence-electron chi connectivity index (χ4n) is 4.01. The van der Waals surface area contributed by atoms with Gasteiger partial charge in [0, 0.05) is 17.2 Å². The van der Waals surface area contributed by atoms with Gasteiger partial charge in [-0.2, -0.15) is 0 Å². The molecule has 0 saturated carbocycles. The van der Waals surface area contributed by atoms with Gasteiger partial charge in [0.05, 0.1) is 5.39 Å². The van der Waals surface area contributed by atoms with Gasteiger partial charge in [0.25, 0.3) is 0 Å². The number of hydrogen-bond acceptors (Lipinski definition) is 5. The highest BCUT2D eigenvalue weighted by atomic mass is 16.5. The van der Waals surface area contributed by atoms with Crippen LogP contribution in [0, 0.1) is 0 Å². The van der Waals surface area contributed by atoms with Crippen molar-refractivity contribution in [3.8, 4) is 11.5 Å². The molecule has 1 aromatic carbocycles.